The number of hydrogen-bond acceptors (Lipinski definition) is 6. The highest BCUT2D eigenvalue weighted by molar-refractivity contribution is 5.89. The average molecular weight is 436 g/mol. The van der Waals surface area contributed by atoms with E-state index >= 15 is 0 Å². The predicted octanol–water partition coefficient (Wildman–Crippen LogP) is 4.92. The Morgan fingerprint density at radius 3 is 2.58 bits per heavy atom. The van der Waals surface area contributed by atoms with E-state index in [0.29, 0.717) is 29.6 Å². The van der Waals surface area contributed by atoms with Crippen molar-refractivity contribution < 1.29 is 9.15 Å². The molecule has 0 bridgehead atoms. The lowest BCUT2D eigenvalue weighted by molar-refractivity contribution is 0.271. The van der Waals surface area contributed by atoms with E-state index in [0.717, 1.165) is 33.6 Å². The van der Waals surface area contributed by atoms with Crippen LogP contribution >= 0.6 is 0 Å². The van der Waals surface area contributed by atoms with E-state index in [2.05, 4.69) is 35.1 Å². The van der Waals surface area contributed by atoms with E-state index in [-0.39, 0.29) is 0 Å². The first-order valence-electron chi connectivity index (χ1n) is 10.6. The lowest BCUT2D eigenvalue weighted by atomic mass is 10.1. The van der Waals surface area contributed by atoms with Crippen LogP contribution in [-0.4, -0.2) is 29.4 Å². The molecule has 0 saturated heterocycles. The zero-order valence-electron chi connectivity index (χ0n) is 18.1. The lowest BCUT2D eigenvalue weighted by Gasteiger charge is -2.06. The number of benzene rings is 2. The van der Waals surface area contributed by atoms with Gasteiger partial charge in [-0.15, -0.1) is 5.10 Å². The van der Waals surface area contributed by atoms with Crippen molar-refractivity contribution in [3.05, 3.63) is 90.1 Å². The fourth-order valence-corrected chi connectivity index (χ4v) is 3.93. The highest BCUT2D eigenvalue weighted by Gasteiger charge is 2.16. The molecule has 0 unspecified atom stereocenters. The maximum absolute atomic E-state index is 5.96. The van der Waals surface area contributed by atoms with Gasteiger partial charge in [-0.25, -0.2) is 19.2 Å². The molecular weight excluding hydrogens is 416 g/mol. The minimum absolute atomic E-state index is 0.325. The largest absolute Gasteiger partial charge is 0.486 e. The van der Waals surface area contributed by atoms with E-state index in [1.165, 1.54) is 0 Å². The fraction of sp³-hybridized carbons (Fsp3) is 0.120. The molecule has 33 heavy (non-hydrogen) atoms. The monoisotopic (exact) mass is 436 g/mol. The number of aromatic nitrogens is 6. The quantitative estimate of drug-likeness (QED) is 0.381. The first kappa shape index (κ1) is 19.2. The molecule has 6 rings (SSSR count). The van der Waals surface area contributed by atoms with Crippen molar-refractivity contribution in [3.63, 3.8) is 0 Å². The van der Waals surface area contributed by atoms with Crippen LogP contribution in [0.4, 0.5) is 0 Å². The van der Waals surface area contributed by atoms with Gasteiger partial charge in [0.05, 0.1) is 17.3 Å². The van der Waals surface area contributed by atoms with E-state index in [4.69, 9.17) is 14.1 Å². The summed E-state index contributed by atoms with van der Waals surface area (Å²) < 4.78 is 15.3. The molecule has 8 heteroatoms. The van der Waals surface area contributed by atoms with Crippen LogP contribution < -0.4 is 4.74 Å². The molecule has 162 valence electrons. The van der Waals surface area contributed by atoms with Gasteiger partial charge in [0.25, 0.3) is 0 Å². The van der Waals surface area contributed by atoms with Crippen LogP contribution in [0.3, 0.4) is 0 Å². The van der Waals surface area contributed by atoms with Crippen molar-refractivity contribution >= 4 is 16.7 Å². The van der Waals surface area contributed by atoms with Crippen molar-refractivity contribution in [2.24, 2.45) is 0 Å². The van der Waals surface area contributed by atoms with Gasteiger partial charge < -0.3 is 9.15 Å². The molecule has 0 saturated carbocycles. The molecule has 0 N–H and O–H groups in total. The number of ether oxygens (including phenoxy) is 1. The van der Waals surface area contributed by atoms with Crippen LogP contribution in [0.5, 0.6) is 5.75 Å². The van der Waals surface area contributed by atoms with Gasteiger partial charge in [0.15, 0.2) is 17.1 Å². The van der Waals surface area contributed by atoms with Gasteiger partial charge >= 0.3 is 0 Å². The van der Waals surface area contributed by atoms with Gasteiger partial charge in [-0.2, -0.15) is 5.10 Å². The normalized spacial score (nSPS) is 11.5. The Labute approximate surface area is 189 Å². The third kappa shape index (κ3) is 3.51. The fourth-order valence-electron chi connectivity index (χ4n) is 3.93. The SMILES string of the molecule is Cc1cc(C)cc(OCc2ccc(-c3nc4c5cnn(-c6ccccc6)c5ncn4n3)o2)c1. The van der Waals surface area contributed by atoms with Crippen molar-refractivity contribution in [2.45, 2.75) is 20.5 Å². The van der Waals surface area contributed by atoms with E-state index in [1.807, 2.05) is 54.6 Å². The molecular formula is C25H20N6O2. The summed E-state index contributed by atoms with van der Waals surface area (Å²) in [7, 11) is 0. The smallest absolute Gasteiger partial charge is 0.217 e. The Morgan fingerprint density at radius 2 is 1.76 bits per heavy atom. The molecule has 4 heterocycles. The predicted molar refractivity (Wildman–Crippen MR) is 123 cm³/mol. The molecule has 8 nitrogen and oxygen atoms in total. The minimum atomic E-state index is 0.325. The minimum Gasteiger partial charge on any atom is -0.486 e. The summed E-state index contributed by atoms with van der Waals surface area (Å²) in [5.74, 6) is 2.57. The number of aryl methyl sites for hydroxylation is 2. The number of fused-ring (bicyclic) bond motifs is 3. The van der Waals surface area contributed by atoms with Crippen LogP contribution in [0.15, 0.2) is 77.6 Å². The molecule has 0 fully saturated rings. The molecule has 0 radical (unpaired) electrons. The van der Waals surface area contributed by atoms with E-state index < -0.39 is 0 Å². The van der Waals surface area contributed by atoms with Crippen molar-refractivity contribution in [3.8, 4) is 23.0 Å². The average Bonchev–Trinajstić information content (AvgIpc) is 3.54. The van der Waals surface area contributed by atoms with E-state index in [1.54, 1.807) is 21.7 Å². The van der Waals surface area contributed by atoms with Crippen LogP contribution in [0, 0.1) is 13.8 Å². The highest BCUT2D eigenvalue weighted by atomic mass is 16.5. The molecule has 0 aliphatic rings. The summed E-state index contributed by atoms with van der Waals surface area (Å²) in [6.07, 6.45) is 3.40. The standard InChI is InChI=1S/C25H20N6O2/c1-16-10-17(2)12-20(11-16)32-14-19-8-9-22(33-19)23-28-25-21-13-27-31(18-6-4-3-5-7-18)24(21)26-15-30(25)29-23/h3-13,15H,14H2,1-2H3. The lowest BCUT2D eigenvalue weighted by Crippen LogP contribution is -1.98. The van der Waals surface area contributed by atoms with Crippen molar-refractivity contribution in [1.29, 1.82) is 0 Å². The summed E-state index contributed by atoms with van der Waals surface area (Å²) in [6, 6.07) is 19.7. The van der Waals surface area contributed by atoms with E-state index in [9.17, 15) is 0 Å². The third-order valence-electron chi connectivity index (χ3n) is 5.36. The molecule has 0 spiro atoms. The summed E-state index contributed by atoms with van der Waals surface area (Å²) >= 11 is 0. The molecule has 0 aliphatic heterocycles. The van der Waals surface area contributed by atoms with Gasteiger partial charge in [0.2, 0.25) is 5.82 Å². The summed E-state index contributed by atoms with van der Waals surface area (Å²) in [4.78, 5) is 9.24. The third-order valence-corrected chi connectivity index (χ3v) is 5.36. The van der Waals surface area contributed by atoms with Crippen LogP contribution in [0.25, 0.3) is 34.0 Å². The number of nitrogens with zero attached hydrogens (tertiary/aromatic N) is 6. The molecule has 6 aromatic rings. The topological polar surface area (TPSA) is 83.3 Å². The molecule has 2 aromatic carbocycles. The Kier molecular flexibility index (Phi) is 4.43. The first-order valence-corrected chi connectivity index (χ1v) is 10.6. The number of para-hydroxylation sites is 1. The Hall–Kier alpha value is -4.46. The van der Waals surface area contributed by atoms with Crippen LogP contribution in [0.2, 0.25) is 0 Å². The molecule has 0 amide bonds. The Balaban J connectivity index is 1.29. The zero-order valence-corrected chi connectivity index (χ0v) is 18.1. The second kappa shape index (κ2) is 7.59. The number of rotatable bonds is 5. The Bertz CT molecular complexity index is 1580. The molecule has 4 aromatic heterocycles. The summed E-state index contributed by atoms with van der Waals surface area (Å²) in [5.41, 5.74) is 4.64. The van der Waals surface area contributed by atoms with Gasteiger partial charge in [-0.1, -0.05) is 24.3 Å². The van der Waals surface area contributed by atoms with Gasteiger partial charge in [-0.05, 0) is 61.4 Å². The second-order valence-electron chi connectivity index (χ2n) is 7.96. The summed E-state index contributed by atoms with van der Waals surface area (Å²) in [5, 5.41) is 9.85. The Morgan fingerprint density at radius 1 is 0.939 bits per heavy atom. The van der Waals surface area contributed by atoms with Crippen molar-refractivity contribution in [2.75, 3.05) is 0 Å². The van der Waals surface area contributed by atoms with Crippen LogP contribution in [0.1, 0.15) is 16.9 Å². The second-order valence-corrected chi connectivity index (χ2v) is 7.96. The van der Waals surface area contributed by atoms with Crippen molar-refractivity contribution in [1.82, 2.24) is 29.4 Å². The van der Waals surface area contributed by atoms with Crippen LogP contribution in [-0.2, 0) is 6.61 Å². The molecule has 0 aliphatic carbocycles. The number of hydrogen-bond donors (Lipinski definition) is 0. The number of furan rings is 1. The molecule has 0 atom stereocenters. The first-order chi connectivity index (χ1) is 16.1. The highest BCUT2D eigenvalue weighted by Crippen LogP contribution is 2.25. The maximum Gasteiger partial charge on any atom is 0.217 e. The van der Waals surface area contributed by atoms with Gasteiger partial charge in [0, 0.05) is 0 Å². The van der Waals surface area contributed by atoms with Gasteiger partial charge in [-0.3, -0.25) is 0 Å². The zero-order chi connectivity index (χ0) is 22.4. The van der Waals surface area contributed by atoms with Gasteiger partial charge in [0.1, 0.15) is 24.4 Å². The summed E-state index contributed by atoms with van der Waals surface area (Å²) in [6.45, 7) is 4.43. The maximum atomic E-state index is 5.96.